The van der Waals surface area contributed by atoms with Crippen LogP contribution >= 0.6 is 15.9 Å². The largest absolute Gasteiger partial charge is 0.409 e. The zero-order valence-electron chi connectivity index (χ0n) is 12.3. The van der Waals surface area contributed by atoms with Gasteiger partial charge in [-0.05, 0) is 62.0 Å². The monoisotopic (exact) mass is 342 g/mol. The third kappa shape index (κ3) is 4.38. The van der Waals surface area contributed by atoms with Crippen LogP contribution in [0.5, 0.6) is 0 Å². The van der Waals surface area contributed by atoms with Gasteiger partial charge in [-0.25, -0.2) is 0 Å². The lowest BCUT2D eigenvalue weighted by atomic mass is 10.1. The maximum atomic E-state index is 8.96. The number of hydrogen-bond acceptors (Lipinski definition) is 4. The molecular weight excluding hydrogens is 320 g/mol. The minimum atomic E-state index is 0.124. The number of oxime groups is 1. The van der Waals surface area contributed by atoms with Gasteiger partial charge in [0, 0.05) is 23.2 Å². The fraction of sp³-hybridized carbons (Fsp3) is 0.500. The Morgan fingerprint density at radius 1 is 1.35 bits per heavy atom. The normalized spacial score (nSPS) is 11.9. The first-order chi connectivity index (χ1) is 9.51. The zero-order chi connectivity index (χ0) is 15.1. The first-order valence-electron chi connectivity index (χ1n) is 6.67. The summed E-state index contributed by atoms with van der Waals surface area (Å²) >= 11 is 3.47. The molecule has 0 radical (unpaired) electrons. The highest BCUT2D eigenvalue weighted by Crippen LogP contribution is 2.27. The molecule has 0 heterocycles. The van der Waals surface area contributed by atoms with Crippen molar-refractivity contribution in [2.24, 2.45) is 10.9 Å². The standard InChI is InChI=1S/C14H23BrN4O/c1-4-19(10-6-9-18(2)3)12-8-5-7-11(15)13(12)14(16)17-20/h5,7-8,20H,4,6,9-10H2,1-3H3,(H2,16,17). The molecule has 1 aromatic carbocycles. The lowest BCUT2D eigenvalue weighted by molar-refractivity contribution is 0.318. The lowest BCUT2D eigenvalue weighted by Crippen LogP contribution is -2.29. The molecule has 1 aromatic rings. The van der Waals surface area contributed by atoms with E-state index in [4.69, 9.17) is 10.9 Å². The quantitative estimate of drug-likeness (QED) is 0.345. The summed E-state index contributed by atoms with van der Waals surface area (Å²) in [4.78, 5) is 4.40. The van der Waals surface area contributed by atoms with Crippen LogP contribution in [-0.4, -0.2) is 49.7 Å². The van der Waals surface area contributed by atoms with Gasteiger partial charge in [-0.15, -0.1) is 0 Å². The Morgan fingerprint density at radius 3 is 2.60 bits per heavy atom. The van der Waals surface area contributed by atoms with Gasteiger partial charge in [0.15, 0.2) is 5.84 Å². The summed E-state index contributed by atoms with van der Waals surface area (Å²) in [7, 11) is 4.13. The molecule has 1 rings (SSSR count). The van der Waals surface area contributed by atoms with Crippen molar-refractivity contribution in [1.82, 2.24) is 4.90 Å². The van der Waals surface area contributed by atoms with E-state index in [-0.39, 0.29) is 5.84 Å². The molecule has 0 fully saturated rings. The maximum absolute atomic E-state index is 8.96. The van der Waals surface area contributed by atoms with Crippen LogP contribution in [0.25, 0.3) is 0 Å². The van der Waals surface area contributed by atoms with Crippen LogP contribution < -0.4 is 10.6 Å². The van der Waals surface area contributed by atoms with E-state index in [9.17, 15) is 0 Å². The second kappa shape index (κ2) is 8.11. The Kier molecular flexibility index (Phi) is 6.81. The summed E-state index contributed by atoms with van der Waals surface area (Å²) in [5, 5.41) is 12.1. The van der Waals surface area contributed by atoms with Crippen LogP contribution in [-0.2, 0) is 0 Å². The second-order valence-corrected chi connectivity index (χ2v) is 5.71. The van der Waals surface area contributed by atoms with Crippen molar-refractivity contribution in [3.05, 3.63) is 28.2 Å². The maximum Gasteiger partial charge on any atom is 0.173 e. The van der Waals surface area contributed by atoms with Gasteiger partial charge in [-0.3, -0.25) is 0 Å². The highest BCUT2D eigenvalue weighted by Gasteiger charge is 2.15. The van der Waals surface area contributed by atoms with Crippen molar-refractivity contribution in [1.29, 1.82) is 0 Å². The lowest BCUT2D eigenvalue weighted by Gasteiger charge is -2.26. The van der Waals surface area contributed by atoms with E-state index in [2.05, 4.69) is 51.9 Å². The van der Waals surface area contributed by atoms with E-state index in [0.717, 1.165) is 41.8 Å². The summed E-state index contributed by atoms with van der Waals surface area (Å²) in [6.45, 7) is 4.93. The van der Waals surface area contributed by atoms with E-state index in [1.165, 1.54) is 0 Å². The number of nitrogens with zero attached hydrogens (tertiary/aromatic N) is 3. The van der Waals surface area contributed by atoms with Crippen LogP contribution in [0.15, 0.2) is 27.8 Å². The summed E-state index contributed by atoms with van der Waals surface area (Å²) in [5.74, 6) is 0.124. The molecule has 0 aliphatic carbocycles. The molecule has 0 spiro atoms. The zero-order valence-corrected chi connectivity index (χ0v) is 13.9. The Hall–Kier alpha value is -1.27. The third-order valence-electron chi connectivity index (χ3n) is 3.11. The van der Waals surface area contributed by atoms with Crippen molar-refractivity contribution in [2.45, 2.75) is 13.3 Å². The summed E-state index contributed by atoms with van der Waals surface area (Å²) in [6, 6.07) is 5.85. The molecule has 0 saturated heterocycles. The second-order valence-electron chi connectivity index (χ2n) is 4.86. The predicted molar refractivity (Wildman–Crippen MR) is 87.7 cm³/mol. The van der Waals surface area contributed by atoms with Crippen LogP contribution in [0.3, 0.4) is 0 Å². The first kappa shape index (κ1) is 16.8. The van der Waals surface area contributed by atoms with E-state index in [0.29, 0.717) is 0 Å². The minimum Gasteiger partial charge on any atom is -0.409 e. The highest BCUT2D eigenvalue weighted by atomic mass is 79.9. The smallest absolute Gasteiger partial charge is 0.173 e. The number of anilines is 1. The molecule has 5 nitrogen and oxygen atoms in total. The minimum absolute atomic E-state index is 0.124. The SMILES string of the molecule is CCN(CCCN(C)C)c1cccc(Br)c1/C(N)=N/O. The number of amidine groups is 1. The van der Waals surface area contributed by atoms with E-state index < -0.39 is 0 Å². The van der Waals surface area contributed by atoms with Gasteiger partial charge in [-0.2, -0.15) is 0 Å². The molecule has 0 unspecified atom stereocenters. The number of halogens is 1. The van der Waals surface area contributed by atoms with Crippen LogP contribution in [0.1, 0.15) is 18.9 Å². The van der Waals surface area contributed by atoms with E-state index in [1.54, 1.807) is 0 Å². The summed E-state index contributed by atoms with van der Waals surface area (Å²) in [6.07, 6.45) is 1.06. The number of benzene rings is 1. The molecule has 20 heavy (non-hydrogen) atoms. The Labute approximate surface area is 129 Å². The fourth-order valence-corrected chi connectivity index (χ4v) is 2.67. The van der Waals surface area contributed by atoms with Crippen LogP contribution in [0.4, 0.5) is 5.69 Å². The molecular formula is C14H23BrN4O. The van der Waals surface area contributed by atoms with Gasteiger partial charge in [-0.1, -0.05) is 11.2 Å². The molecule has 3 N–H and O–H groups in total. The van der Waals surface area contributed by atoms with Crippen LogP contribution in [0.2, 0.25) is 0 Å². The average Bonchev–Trinajstić information content (AvgIpc) is 2.42. The van der Waals surface area contributed by atoms with Gasteiger partial charge < -0.3 is 20.7 Å². The molecule has 0 aliphatic heterocycles. The number of nitrogens with two attached hydrogens (primary N) is 1. The van der Waals surface area contributed by atoms with Crippen molar-refractivity contribution in [3.8, 4) is 0 Å². The van der Waals surface area contributed by atoms with Gasteiger partial charge >= 0.3 is 0 Å². The molecule has 112 valence electrons. The van der Waals surface area contributed by atoms with Crippen molar-refractivity contribution in [3.63, 3.8) is 0 Å². The van der Waals surface area contributed by atoms with Gasteiger partial charge in [0.2, 0.25) is 0 Å². The Bertz CT molecular complexity index is 462. The van der Waals surface area contributed by atoms with Gasteiger partial charge in [0.1, 0.15) is 0 Å². The summed E-state index contributed by atoms with van der Waals surface area (Å²) < 4.78 is 0.830. The topological polar surface area (TPSA) is 65.1 Å². The molecule has 6 heteroatoms. The number of hydrogen-bond donors (Lipinski definition) is 2. The third-order valence-corrected chi connectivity index (χ3v) is 3.77. The van der Waals surface area contributed by atoms with E-state index >= 15 is 0 Å². The molecule has 0 atom stereocenters. The molecule has 0 amide bonds. The van der Waals surface area contributed by atoms with Crippen molar-refractivity contribution in [2.75, 3.05) is 38.6 Å². The molecule has 0 saturated carbocycles. The Balaban J connectivity index is 3.00. The molecule has 0 bridgehead atoms. The summed E-state index contributed by atoms with van der Waals surface area (Å²) in [5.41, 5.74) is 7.52. The first-order valence-corrected chi connectivity index (χ1v) is 7.46. The highest BCUT2D eigenvalue weighted by molar-refractivity contribution is 9.10. The predicted octanol–water partition coefficient (Wildman–Crippen LogP) is 2.32. The van der Waals surface area contributed by atoms with Crippen molar-refractivity contribution < 1.29 is 5.21 Å². The van der Waals surface area contributed by atoms with Crippen LogP contribution in [0, 0.1) is 0 Å². The Morgan fingerprint density at radius 2 is 2.05 bits per heavy atom. The van der Waals surface area contributed by atoms with Crippen molar-refractivity contribution >= 4 is 27.5 Å². The number of rotatable bonds is 7. The fourth-order valence-electron chi connectivity index (χ4n) is 2.11. The average molecular weight is 343 g/mol. The molecule has 0 aliphatic rings. The molecule has 0 aromatic heterocycles. The van der Waals surface area contributed by atoms with Gasteiger partial charge in [0.25, 0.3) is 0 Å². The van der Waals surface area contributed by atoms with E-state index in [1.807, 2.05) is 18.2 Å². The van der Waals surface area contributed by atoms with Gasteiger partial charge in [0.05, 0.1) is 5.56 Å².